The lowest BCUT2D eigenvalue weighted by Gasteiger charge is -2.22. The number of nitrogens with zero attached hydrogens (tertiary/aromatic N) is 2. The van der Waals surface area contributed by atoms with Crippen LogP contribution >= 0.6 is 9.24 Å². The SMILES string of the molecule is Nc1nc2c(c(=O)[nH]1)NCN2CC(CO)OCP. The van der Waals surface area contributed by atoms with Crippen molar-refractivity contribution in [3.8, 4) is 0 Å². The van der Waals surface area contributed by atoms with Crippen molar-refractivity contribution in [1.29, 1.82) is 0 Å². The topological polar surface area (TPSA) is 116 Å². The van der Waals surface area contributed by atoms with E-state index in [9.17, 15) is 9.90 Å². The van der Waals surface area contributed by atoms with Crippen LogP contribution in [0.4, 0.5) is 17.5 Å². The third-order valence-corrected chi connectivity index (χ3v) is 2.82. The Morgan fingerprint density at radius 1 is 1.67 bits per heavy atom. The molecule has 100 valence electrons. The van der Waals surface area contributed by atoms with Gasteiger partial charge in [-0.1, -0.05) is 0 Å². The normalized spacial score (nSPS) is 15.3. The van der Waals surface area contributed by atoms with E-state index in [0.717, 1.165) is 0 Å². The minimum atomic E-state index is -0.336. The summed E-state index contributed by atoms with van der Waals surface area (Å²) in [6.45, 7) is 0.769. The zero-order chi connectivity index (χ0) is 13.1. The maximum atomic E-state index is 11.6. The maximum Gasteiger partial charge on any atom is 0.277 e. The number of nitrogens with one attached hydrogen (secondary N) is 2. The van der Waals surface area contributed by atoms with Gasteiger partial charge < -0.3 is 25.8 Å². The van der Waals surface area contributed by atoms with Gasteiger partial charge >= 0.3 is 0 Å². The van der Waals surface area contributed by atoms with Gasteiger partial charge in [-0.25, -0.2) is 0 Å². The Labute approximate surface area is 106 Å². The lowest BCUT2D eigenvalue weighted by atomic mass is 10.3. The summed E-state index contributed by atoms with van der Waals surface area (Å²) in [5, 5.41) is 12.1. The van der Waals surface area contributed by atoms with Crippen LogP contribution in [0.5, 0.6) is 0 Å². The molecule has 1 aromatic heterocycles. The van der Waals surface area contributed by atoms with E-state index in [-0.39, 0.29) is 24.2 Å². The first-order valence-electron chi connectivity index (χ1n) is 5.46. The number of aromatic nitrogens is 2. The molecule has 2 heterocycles. The Morgan fingerprint density at radius 2 is 2.44 bits per heavy atom. The van der Waals surface area contributed by atoms with Crippen LogP contribution in [0.15, 0.2) is 4.79 Å². The monoisotopic (exact) mass is 273 g/mol. The predicted molar refractivity (Wildman–Crippen MR) is 71.6 cm³/mol. The van der Waals surface area contributed by atoms with E-state index in [1.165, 1.54) is 0 Å². The molecule has 5 N–H and O–H groups in total. The van der Waals surface area contributed by atoms with Gasteiger partial charge in [-0.2, -0.15) is 4.98 Å². The fourth-order valence-corrected chi connectivity index (χ4v) is 2.08. The van der Waals surface area contributed by atoms with Crippen molar-refractivity contribution in [3.63, 3.8) is 0 Å². The summed E-state index contributed by atoms with van der Waals surface area (Å²) in [6, 6.07) is 0. The molecule has 0 spiro atoms. The lowest BCUT2D eigenvalue weighted by Crippen LogP contribution is -2.36. The molecule has 0 amide bonds. The van der Waals surface area contributed by atoms with E-state index in [1.807, 2.05) is 4.90 Å². The number of rotatable bonds is 5. The molecule has 1 aromatic rings. The fraction of sp³-hybridized carbons (Fsp3) is 0.556. The van der Waals surface area contributed by atoms with Crippen LogP contribution in [0.2, 0.25) is 0 Å². The molecule has 0 radical (unpaired) electrons. The molecule has 0 aromatic carbocycles. The average molecular weight is 273 g/mol. The van der Waals surface area contributed by atoms with Gasteiger partial charge in [0.15, 0.2) is 5.82 Å². The second kappa shape index (κ2) is 5.51. The third kappa shape index (κ3) is 2.55. The summed E-state index contributed by atoms with van der Waals surface area (Å²) < 4.78 is 5.33. The van der Waals surface area contributed by atoms with Crippen molar-refractivity contribution in [1.82, 2.24) is 9.97 Å². The highest BCUT2D eigenvalue weighted by Gasteiger charge is 2.25. The minimum absolute atomic E-state index is 0.0694. The first kappa shape index (κ1) is 13.1. The predicted octanol–water partition coefficient (Wildman–Crippen LogP) is -1.25. The summed E-state index contributed by atoms with van der Waals surface area (Å²) in [7, 11) is 2.43. The van der Waals surface area contributed by atoms with Crippen LogP contribution in [-0.4, -0.2) is 47.3 Å². The molecule has 1 aliphatic rings. The van der Waals surface area contributed by atoms with Gasteiger partial charge in [0.05, 0.1) is 25.7 Å². The average Bonchev–Trinajstić information content (AvgIpc) is 2.72. The number of H-pyrrole nitrogens is 1. The quantitative estimate of drug-likeness (QED) is 0.495. The molecule has 0 bridgehead atoms. The van der Waals surface area contributed by atoms with Crippen LogP contribution in [0.25, 0.3) is 0 Å². The highest BCUT2D eigenvalue weighted by molar-refractivity contribution is 7.16. The molecule has 2 atom stereocenters. The van der Waals surface area contributed by atoms with Gasteiger partial charge in [0, 0.05) is 6.54 Å². The van der Waals surface area contributed by atoms with E-state index in [4.69, 9.17) is 10.5 Å². The largest absolute Gasteiger partial charge is 0.394 e. The van der Waals surface area contributed by atoms with Crippen LogP contribution in [0.3, 0.4) is 0 Å². The number of hydrogen-bond acceptors (Lipinski definition) is 7. The lowest BCUT2D eigenvalue weighted by molar-refractivity contribution is 0.0449. The molecule has 1 aliphatic heterocycles. The van der Waals surface area contributed by atoms with Gasteiger partial charge in [0.2, 0.25) is 5.95 Å². The minimum Gasteiger partial charge on any atom is -0.394 e. The van der Waals surface area contributed by atoms with Crippen molar-refractivity contribution >= 4 is 26.7 Å². The van der Waals surface area contributed by atoms with E-state index in [2.05, 4.69) is 24.5 Å². The molecule has 18 heavy (non-hydrogen) atoms. The number of hydrogen-bond donors (Lipinski definition) is 4. The maximum absolute atomic E-state index is 11.6. The Kier molecular flexibility index (Phi) is 4.00. The number of nitrogen functional groups attached to an aromatic ring is 1. The van der Waals surface area contributed by atoms with Crippen molar-refractivity contribution in [2.45, 2.75) is 6.10 Å². The summed E-state index contributed by atoms with van der Waals surface area (Å²) in [5.41, 5.74) is 5.61. The molecule has 2 unspecified atom stereocenters. The number of nitrogens with two attached hydrogens (primary N) is 1. The number of anilines is 3. The van der Waals surface area contributed by atoms with Crippen LogP contribution < -0.4 is 21.5 Å². The van der Waals surface area contributed by atoms with Gasteiger partial charge in [-0.05, 0) is 0 Å². The molecule has 8 nitrogen and oxygen atoms in total. The van der Waals surface area contributed by atoms with E-state index in [1.54, 1.807) is 0 Å². The smallest absolute Gasteiger partial charge is 0.277 e. The number of fused-ring (bicyclic) bond motifs is 1. The van der Waals surface area contributed by atoms with Crippen LogP contribution in [0, 0.1) is 0 Å². The van der Waals surface area contributed by atoms with E-state index in [0.29, 0.717) is 31.1 Å². The Balaban J connectivity index is 2.18. The molecular formula is C9H16N5O3P. The number of ether oxygens (including phenoxy) is 1. The fourth-order valence-electron chi connectivity index (χ4n) is 1.81. The van der Waals surface area contributed by atoms with Gasteiger partial charge in [-0.15, -0.1) is 9.24 Å². The molecule has 0 aliphatic carbocycles. The second-order valence-corrected chi connectivity index (χ2v) is 4.18. The zero-order valence-electron chi connectivity index (χ0n) is 9.72. The molecular weight excluding hydrogens is 257 g/mol. The van der Waals surface area contributed by atoms with Crippen molar-refractivity contribution in [3.05, 3.63) is 10.4 Å². The Hall–Kier alpha value is -1.37. The first-order valence-corrected chi connectivity index (χ1v) is 6.28. The number of aromatic amines is 1. The number of aliphatic hydroxyl groups is 1. The molecule has 0 fully saturated rings. The van der Waals surface area contributed by atoms with E-state index < -0.39 is 0 Å². The molecule has 9 heteroatoms. The zero-order valence-corrected chi connectivity index (χ0v) is 10.9. The first-order chi connectivity index (χ1) is 8.65. The highest BCUT2D eigenvalue weighted by Crippen LogP contribution is 2.25. The highest BCUT2D eigenvalue weighted by atomic mass is 31.0. The second-order valence-electron chi connectivity index (χ2n) is 3.84. The van der Waals surface area contributed by atoms with Crippen LogP contribution in [-0.2, 0) is 4.74 Å². The van der Waals surface area contributed by atoms with Crippen LogP contribution in [0.1, 0.15) is 0 Å². The van der Waals surface area contributed by atoms with Gasteiger partial charge in [-0.3, -0.25) is 9.78 Å². The third-order valence-electron chi connectivity index (χ3n) is 2.62. The van der Waals surface area contributed by atoms with Gasteiger partial charge in [0.1, 0.15) is 5.69 Å². The molecule has 2 rings (SSSR count). The Bertz CT molecular complexity index is 480. The number of aliphatic hydroxyl groups excluding tert-OH is 1. The Morgan fingerprint density at radius 3 is 3.11 bits per heavy atom. The molecule has 0 saturated heterocycles. The summed E-state index contributed by atoms with van der Waals surface area (Å²) in [5.74, 6) is 0.557. The van der Waals surface area contributed by atoms with Gasteiger partial charge in [0.25, 0.3) is 5.56 Å². The summed E-state index contributed by atoms with van der Waals surface area (Å²) in [4.78, 5) is 19.9. The van der Waals surface area contributed by atoms with Crippen molar-refractivity contribution in [2.24, 2.45) is 0 Å². The standard InChI is InChI=1S/C9H16N5O3P/c10-9-12-7-6(8(16)13-9)11-3-14(7)1-5(2-15)17-4-18/h5,11,15H,1-4,18H2,(H3,10,12,13,16). The molecule has 0 saturated carbocycles. The summed E-state index contributed by atoms with van der Waals surface area (Å²) in [6.07, 6.45) is 0.0992. The van der Waals surface area contributed by atoms with E-state index >= 15 is 0 Å². The van der Waals surface area contributed by atoms with Crippen molar-refractivity contribution in [2.75, 3.05) is 42.1 Å². The summed E-state index contributed by atoms with van der Waals surface area (Å²) >= 11 is 0. The van der Waals surface area contributed by atoms with Crippen molar-refractivity contribution < 1.29 is 9.84 Å².